The number of rotatable bonds is 3. The molecule has 2 aliphatic carbocycles. The zero-order valence-electron chi connectivity index (χ0n) is 13.5. The van der Waals surface area contributed by atoms with E-state index in [0.717, 1.165) is 24.8 Å². The van der Waals surface area contributed by atoms with Gasteiger partial charge in [0, 0.05) is 11.6 Å². The van der Waals surface area contributed by atoms with E-state index in [2.05, 4.69) is 31.0 Å². The Labute approximate surface area is 135 Å². The van der Waals surface area contributed by atoms with E-state index < -0.39 is 5.41 Å². The molecule has 3 rings (SSSR count). The van der Waals surface area contributed by atoms with E-state index >= 15 is 0 Å². The van der Waals surface area contributed by atoms with E-state index in [1.54, 1.807) is 0 Å². The van der Waals surface area contributed by atoms with Crippen LogP contribution in [0.3, 0.4) is 0 Å². The summed E-state index contributed by atoms with van der Waals surface area (Å²) in [6.07, 6.45) is 4.08. The van der Waals surface area contributed by atoms with Crippen molar-refractivity contribution in [2.24, 2.45) is 21.8 Å². The zero-order valence-corrected chi connectivity index (χ0v) is 13.5. The highest BCUT2D eigenvalue weighted by molar-refractivity contribution is 5.89. The first-order valence-corrected chi connectivity index (χ1v) is 7.83. The van der Waals surface area contributed by atoms with E-state index in [4.69, 9.17) is 0 Å². The monoisotopic (exact) mass is 314 g/mol. The molecule has 3 N–H and O–H groups in total. The first-order chi connectivity index (χ1) is 10.8. The van der Waals surface area contributed by atoms with Crippen LogP contribution in [0.15, 0.2) is 35.5 Å². The number of amides is 1. The molecular formula is C18H22N2O3. The molecule has 1 unspecified atom stereocenters. The predicted octanol–water partition coefficient (Wildman–Crippen LogP) is 2.93. The number of hydrogen-bond donors (Lipinski definition) is 3. The van der Waals surface area contributed by atoms with Gasteiger partial charge in [-0.2, -0.15) is 5.10 Å². The number of hydrazone groups is 1. The van der Waals surface area contributed by atoms with Crippen molar-refractivity contribution in [2.45, 2.75) is 33.1 Å². The average molecular weight is 314 g/mol. The van der Waals surface area contributed by atoms with Crippen LogP contribution in [0.25, 0.3) is 0 Å². The van der Waals surface area contributed by atoms with Gasteiger partial charge in [0.15, 0.2) is 0 Å². The molecule has 2 bridgehead atoms. The van der Waals surface area contributed by atoms with Crippen molar-refractivity contribution in [3.63, 3.8) is 0 Å². The minimum absolute atomic E-state index is 0.00543. The highest BCUT2D eigenvalue weighted by Crippen LogP contribution is 2.65. The van der Waals surface area contributed by atoms with Gasteiger partial charge in [-0.05, 0) is 42.7 Å². The molecule has 23 heavy (non-hydrogen) atoms. The van der Waals surface area contributed by atoms with Crippen LogP contribution < -0.4 is 5.43 Å². The van der Waals surface area contributed by atoms with E-state index in [9.17, 15) is 15.0 Å². The van der Waals surface area contributed by atoms with E-state index in [1.165, 1.54) is 24.4 Å². The molecule has 5 nitrogen and oxygen atoms in total. The molecule has 0 aliphatic heterocycles. The van der Waals surface area contributed by atoms with Crippen LogP contribution >= 0.6 is 0 Å². The fraction of sp³-hybridized carbons (Fsp3) is 0.444. The zero-order chi connectivity index (χ0) is 16.8. The van der Waals surface area contributed by atoms with Crippen LogP contribution in [0.4, 0.5) is 0 Å². The normalized spacial score (nSPS) is 28.4. The number of phenolic OH excluding ortho intramolecular Hbond substituents is 2. The van der Waals surface area contributed by atoms with Crippen molar-refractivity contribution < 1.29 is 15.0 Å². The number of carbonyl (C=O) groups excluding carboxylic acids is 1. The van der Waals surface area contributed by atoms with Crippen molar-refractivity contribution in [1.82, 2.24) is 5.43 Å². The Hall–Kier alpha value is -2.30. The van der Waals surface area contributed by atoms with Crippen LogP contribution in [-0.2, 0) is 4.79 Å². The number of nitrogens with zero attached hydrogens (tertiary/aromatic N) is 1. The van der Waals surface area contributed by atoms with Gasteiger partial charge in [0.2, 0.25) is 5.91 Å². The lowest BCUT2D eigenvalue weighted by Crippen LogP contribution is -2.39. The Kier molecular flexibility index (Phi) is 3.47. The van der Waals surface area contributed by atoms with Gasteiger partial charge in [-0.15, -0.1) is 0 Å². The average Bonchev–Trinajstić information content (AvgIpc) is 3.01. The van der Waals surface area contributed by atoms with Gasteiger partial charge in [0.1, 0.15) is 11.5 Å². The third kappa shape index (κ3) is 2.31. The molecule has 0 spiro atoms. The summed E-state index contributed by atoms with van der Waals surface area (Å²) in [6.45, 7) is 8.51. The first kappa shape index (κ1) is 15.6. The van der Waals surface area contributed by atoms with E-state index in [1.807, 2.05) is 0 Å². The minimum atomic E-state index is -0.511. The molecule has 2 atom stereocenters. The maximum absolute atomic E-state index is 12.7. The van der Waals surface area contributed by atoms with Crippen molar-refractivity contribution in [2.75, 3.05) is 0 Å². The molecule has 0 heterocycles. The lowest BCUT2D eigenvalue weighted by atomic mass is 9.68. The van der Waals surface area contributed by atoms with Crippen LogP contribution in [0.5, 0.6) is 11.5 Å². The van der Waals surface area contributed by atoms with Gasteiger partial charge in [-0.25, -0.2) is 5.43 Å². The second-order valence-corrected chi connectivity index (χ2v) is 7.16. The van der Waals surface area contributed by atoms with Gasteiger partial charge in [0.25, 0.3) is 0 Å². The fourth-order valence-corrected chi connectivity index (χ4v) is 4.05. The summed E-state index contributed by atoms with van der Waals surface area (Å²) in [5.74, 6) is 0.272. The Morgan fingerprint density at radius 3 is 2.78 bits per heavy atom. The molecule has 1 amide bonds. The van der Waals surface area contributed by atoms with Crippen molar-refractivity contribution in [1.29, 1.82) is 0 Å². The van der Waals surface area contributed by atoms with Gasteiger partial charge < -0.3 is 10.2 Å². The Bertz CT molecular complexity index is 708. The Morgan fingerprint density at radius 1 is 1.43 bits per heavy atom. The summed E-state index contributed by atoms with van der Waals surface area (Å²) in [5.41, 5.74) is 3.51. The molecule has 1 aromatic carbocycles. The molecular weight excluding hydrogens is 292 g/mol. The van der Waals surface area contributed by atoms with Crippen LogP contribution in [-0.4, -0.2) is 22.3 Å². The first-order valence-electron chi connectivity index (χ1n) is 7.83. The van der Waals surface area contributed by atoms with E-state index in [-0.39, 0.29) is 22.8 Å². The summed E-state index contributed by atoms with van der Waals surface area (Å²) in [7, 11) is 0. The molecule has 2 fully saturated rings. The quantitative estimate of drug-likeness (QED) is 0.456. The summed E-state index contributed by atoms with van der Waals surface area (Å²) >= 11 is 0. The van der Waals surface area contributed by atoms with Crippen molar-refractivity contribution >= 4 is 12.1 Å². The second-order valence-electron chi connectivity index (χ2n) is 7.16. The van der Waals surface area contributed by atoms with Crippen molar-refractivity contribution in [3.8, 4) is 11.5 Å². The molecule has 0 aromatic heterocycles. The van der Waals surface area contributed by atoms with Crippen LogP contribution in [0.1, 0.15) is 38.7 Å². The minimum Gasteiger partial charge on any atom is -0.508 e. The highest BCUT2D eigenvalue weighted by Gasteiger charge is 2.60. The fourth-order valence-electron chi connectivity index (χ4n) is 4.05. The topological polar surface area (TPSA) is 81.9 Å². The maximum Gasteiger partial charge on any atom is 0.250 e. The summed E-state index contributed by atoms with van der Waals surface area (Å²) in [4.78, 5) is 12.7. The lowest BCUT2D eigenvalue weighted by Gasteiger charge is -2.36. The molecule has 1 aromatic rings. The Morgan fingerprint density at radius 2 is 2.17 bits per heavy atom. The third-order valence-corrected chi connectivity index (χ3v) is 5.71. The number of nitrogens with one attached hydrogen (secondary N) is 1. The SMILES string of the molecule is C=C1C(C)(C)C2CC[C@@]1(C(=O)N/N=C\c1ccc(O)cc1O)C2. The van der Waals surface area contributed by atoms with Gasteiger partial charge in [-0.3, -0.25) is 4.79 Å². The van der Waals surface area contributed by atoms with Gasteiger partial charge in [-0.1, -0.05) is 26.0 Å². The number of benzene rings is 1. The molecule has 0 saturated heterocycles. The van der Waals surface area contributed by atoms with Gasteiger partial charge >= 0.3 is 0 Å². The highest BCUT2D eigenvalue weighted by atomic mass is 16.3. The maximum atomic E-state index is 12.7. The summed E-state index contributed by atoms with van der Waals surface area (Å²) in [6, 6.07) is 4.21. The number of carbonyl (C=O) groups is 1. The number of phenols is 2. The number of hydrogen-bond acceptors (Lipinski definition) is 4. The smallest absolute Gasteiger partial charge is 0.250 e. The summed E-state index contributed by atoms with van der Waals surface area (Å²) < 4.78 is 0. The predicted molar refractivity (Wildman–Crippen MR) is 88.2 cm³/mol. The summed E-state index contributed by atoms with van der Waals surface area (Å²) in [5, 5.41) is 22.9. The number of aromatic hydroxyl groups is 2. The molecule has 0 radical (unpaired) electrons. The van der Waals surface area contributed by atoms with Crippen molar-refractivity contribution in [3.05, 3.63) is 35.9 Å². The molecule has 2 saturated carbocycles. The standard InChI is InChI=1S/C18H22N2O3/c1-11-17(2,3)13-6-7-18(11,9-13)16(23)20-19-10-12-4-5-14(21)8-15(12)22/h4-5,8,10,13,21-22H,1,6-7,9H2,2-3H3,(H,20,23)/b19-10-/t13?,18-/m1/s1. The molecule has 5 heteroatoms. The Balaban J connectivity index is 1.73. The van der Waals surface area contributed by atoms with E-state index in [0.29, 0.717) is 11.5 Å². The third-order valence-electron chi connectivity index (χ3n) is 5.71. The molecule has 2 aliphatic rings. The van der Waals surface area contributed by atoms with Crippen LogP contribution in [0, 0.1) is 16.7 Å². The lowest BCUT2D eigenvalue weighted by molar-refractivity contribution is -0.128. The second kappa shape index (κ2) is 5.11. The van der Waals surface area contributed by atoms with Crippen LogP contribution in [0.2, 0.25) is 0 Å². The molecule has 122 valence electrons. The largest absolute Gasteiger partial charge is 0.508 e. The number of fused-ring (bicyclic) bond motifs is 2. The van der Waals surface area contributed by atoms with Gasteiger partial charge in [0.05, 0.1) is 11.6 Å².